The summed E-state index contributed by atoms with van der Waals surface area (Å²) in [4.78, 5) is 30.3. The van der Waals surface area contributed by atoms with Crippen molar-refractivity contribution < 1.29 is 18.0 Å². The van der Waals surface area contributed by atoms with Gasteiger partial charge in [0.1, 0.15) is 18.0 Å². The number of rotatable bonds is 8. The summed E-state index contributed by atoms with van der Waals surface area (Å²) in [6.45, 7) is 3.61. The number of imidazole rings is 2. The number of carbonyl (C=O) groups is 1. The molecular weight excluding hydrogens is 547 g/mol. The second kappa shape index (κ2) is 10.7. The first-order chi connectivity index (χ1) is 20.1. The van der Waals surface area contributed by atoms with Gasteiger partial charge in [0.05, 0.1) is 17.6 Å². The predicted molar refractivity (Wildman–Crippen MR) is 152 cm³/mol. The monoisotopic (exact) mass is 573 g/mol. The molecular formula is C29H26F3N9O. The van der Waals surface area contributed by atoms with Crippen LogP contribution < -0.4 is 16.0 Å². The van der Waals surface area contributed by atoms with E-state index in [-0.39, 0.29) is 11.3 Å². The van der Waals surface area contributed by atoms with Crippen molar-refractivity contribution >= 4 is 29.0 Å². The molecule has 3 N–H and O–H groups in total. The van der Waals surface area contributed by atoms with Crippen LogP contribution in [0.2, 0.25) is 0 Å². The quantitative estimate of drug-likeness (QED) is 0.207. The number of hydrogen-bond donors (Lipinski definition) is 3. The van der Waals surface area contributed by atoms with Gasteiger partial charge in [-0.2, -0.15) is 13.2 Å². The van der Waals surface area contributed by atoms with E-state index >= 15 is 0 Å². The van der Waals surface area contributed by atoms with Crippen LogP contribution in [-0.4, -0.2) is 41.0 Å². The number of nitrogens with one attached hydrogen (secondary N) is 3. The summed E-state index contributed by atoms with van der Waals surface area (Å²) in [5.41, 5.74) is 1.62. The molecule has 214 valence electrons. The van der Waals surface area contributed by atoms with Crippen molar-refractivity contribution in [1.82, 2.24) is 29.1 Å². The molecule has 0 radical (unpaired) electrons. The van der Waals surface area contributed by atoms with E-state index in [2.05, 4.69) is 35.9 Å². The van der Waals surface area contributed by atoms with Crippen LogP contribution in [0.25, 0.3) is 11.5 Å². The predicted octanol–water partition coefficient (Wildman–Crippen LogP) is 6.05. The molecule has 0 unspecified atom stereocenters. The average Bonchev–Trinajstić information content (AvgIpc) is 3.46. The summed E-state index contributed by atoms with van der Waals surface area (Å²) in [5.74, 6) is 1.13. The molecule has 1 aliphatic rings. The molecule has 3 aromatic heterocycles. The van der Waals surface area contributed by atoms with Crippen molar-refractivity contribution in [3.05, 3.63) is 96.1 Å². The van der Waals surface area contributed by atoms with Gasteiger partial charge in [-0.05, 0) is 62.6 Å². The molecule has 0 saturated heterocycles. The van der Waals surface area contributed by atoms with E-state index in [0.29, 0.717) is 34.9 Å². The fraction of sp³-hybridized carbons (Fsp3) is 0.207. The highest BCUT2D eigenvalue weighted by molar-refractivity contribution is 6.05. The van der Waals surface area contributed by atoms with Crippen molar-refractivity contribution in [1.29, 1.82) is 0 Å². The SMILES string of the molecule is Cc1cn(-c2cc(C(=O)Nc3ccc(C)c(Nc4nccn4-c4cc(NC5CC5)ncn4)c3)cc(C(F)(F)F)c2)cn1. The minimum atomic E-state index is -4.64. The number of anilines is 4. The molecule has 1 saturated carbocycles. The zero-order valence-electron chi connectivity index (χ0n) is 22.6. The molecule has 2 aromatic carbocycles. The van der Waals surface area contributed by atoms with Gasteiger partial charge in [0.15, 0.2) is 0 Å². The van der Waals surface area contributed by atoms with E-state index in [9.17, 15) is 18.0 Å². The average molecular weight is 574 g/mol. The van der Waals surface area contributed by atoms with Crippen molar-refractivity contribution in [3.63, 3.8) is 0 Å². The Bertz CT molecular complexity index is 1770. The van der Waals surface area contributed by atoms with Crippen LogP contribution in [0.5, 0.6) is 0 Å². The maximum absolute atomic E-state index is 13.7. The number of aromatic nitrogens is 6. The first kappa shape index (κ1) is 27.0. The van der Waals surface area contributed by atoms with Gasteiger partial charge in [0, 0.05) is 53.3 Å². The summed E-state index contributed by atoms with van der Waals surface area (Å²) in [7, 11) is 0. The zero-order valence-corrected chi connectivity index (χ0v) is 22.6. The van der Waals surface area contributed by atoms with Gasteiger partial charge >= 0.3 is 6.18 Å². The maximum atomic E-state index is 13.7. The number of aryl methyl sites for hydroxylation is 2. The minimum absolute atomic E-state index is 0.142. The normalized spacial score (nSPS) is 13.2. The van der Waals surface area contributed by atoms with Crippen LogP contribution in [0, 0.1) is 13.8 Å². The fourth-order valence-corrected chi connectivity index (χ4v) is 4.35. The van der Waals surface area contributed by atoms with Gasteiger partial charge in [-0.25, -0.2) is 19.9 Å². The highest BCUT2D eigenvalue weighted by Crippen LogP contribution is 2.32. The highest BCUT2D eigenvalue weighted by Gasteiger charge is 2.32. The van der Waals surface area contributed by atoms with Crippen molar-refractivity contribution in [2.45, 2.75) is 38.9 Å². The summed E-state index contributed by atoms with van der Waals surface area (Å²) >= 11 is 0. The molecule has 42 heavy (non-hydrogen) atoms. The van der Waals surface area contributed by atoms with Gasteiger partial charge in [-0.3, -0.25) is 9.36 Å². The maximum Gasteiger partial charge on any atom is 0.416 e. The Morgan fingerprint density at radius 1 is 1.00 bits per heavy atom. The van der Waals surface area contributed by atoms with E-state index in [1.54, 1.807) is 48.3 Å². The summed E-state index contributed by atoms with van der Waals surface area (Å²) in [6.07, 6.45) is 5.46. The molecule has 3 heterocycles. The summed E-state index contributed by atoms with van der Waals surface area (Å²) < 4.78 is 44.3. The van der Waals surface area contributed by atoms with E-state index in [1.807, 2.05) is 13.0 Å². The van der Waals surface area contributed by atoms with Crippen LogP contribution >= 0.6 is 0 Å². The second-order valence-electron chi connectivity index (χ2n) is 10.1. The van der Waals surface area contributed by atoms with Crippen LogP contribution in [-0.2, 0) is 6.18 Å². The molecule has 0 spiro atoms. The highest BCUT2D eigenvalue weighted by atomic mass is 19.4. The standard InChI is InChI=1S/C29H26F3N9O/c1-17-3-4-22(38-27(42)19-9-20(29(30,31)32)11-23(10-19)40-14-18(2)36-16-40)12-24(17)39-28-33-7-8-41(28)26-13-25(34-15-35-26)37-21-5-6-21/h3-4,7-16,21H,5-6H2,1-2H3,(H,33,39)(H,38,42)(H,34,35,37). The molecule has 0 aliphatic heterocycles. The first-order valence-corrected chi connectivity index (χ1v) is 13.2. The third-order valence-electron chi connectivity index (χ3n) is 6.73. The number of halogens is 3. The fourth-order valence-electron chi connectivity index (χ4n) is 4.35. The van der Waals surface area contributed by atoms with Crippen LogP contribution in [0.15, 0.2) is 73.7 Å². The Morgan fingerprint density at radius 3 is 2.57 bits per heavy atom. The molecule has 1 amide bonds. The second-order valence-corrected chi connectivity index (χ2v) is 10.1. The lowest BCUT2D eigenvalue weighted by Gasteiger charge is -2.15. The van der Waals surface area contributed by atoms with E-state index in [4.69, 9.17) is 0 Å². The molecule has 5 aromatic rings. The molecule has 10 nitrogen and oxygen atoms in total. The van der Waals surface area contributed by atoms with Crippen LogP contribution in [0.1, 0.15) is 40.0 Å². The number of alkyl halides is 3. The third-order valence-corrected chi connectivity index (χ3v) is 6.73. The molecule has 1 aliphatic carbocycles. The zero-order chi connectivity index (χ0) is 29.4. The number of benzene rings is 2. The van der Waals surface area contributed by atoms with Crippen LogP contribution in [0.4, 0.5) is 36.3 Å². The molecule has 1 fully saturated rings. The van der Waals surface area contributed by atoms with E-state index < -0.39 is 17.6 Å². The number of hydrogen-bond acceptors (Lipinski definition) is 7. The molecule has 0 bridgehead atoms. The lowest BCUT2D eigenvalue weighted by molar-refractivity contribution is -0.137. The van der Waals surface area contributed by atoms with Gasteiger partial charge in [-0.15, -0.1) is 0 Å². The van der Waals surface area contributed by atoms with Crippen LogP contribution in [0.3, 0.4) is 0 Å². The Balaban J connectivity index is 1.24. The lowest BCUT2D eigenvalue weighted by Crippen LogP contribution is -2.15. The first-order valence-electron chi connectivity index (χ1n) is 13.2. The van der Waals surface area contributed by atoms with Crippen molar-refractivity contribution in [3.8, 4) is 11.5 Å². The number of carbonyl (C=O) groups excluding carboxylic acids is 1. The third kappa shape index (κ3) is 5.94. The van der Waals surface area contributed by atoms with Crippen molar-refractivity contribution in [2.75, 3.05) is 16.0 Å². The summed E-state index contributed by atoms with van der Waals surface area (Å²) in [6, 6.07) is 10.6. The van der Waals surface area contributed by atoms with Gasteiger partial charge in [0.2, 0.25) is 5.95 Å². The Hall–Kier alpha value is -5.20. The van der Waals surface area contributed by atoms with Gasteiger partial charge in [0.25, 0.3) is 5.91 Å². The summed E-state index contributed by atoms with van der Waals surface area (Å²) in [5, 5.41) is 9.34. The molecule has 13 heteroatoms. The Kier molecular flexibility index (Phi) is 6.85. The van der Waals surface area contributed by atoms with E-state index in [1.165, 1.54) is 23.3 Å². The molecule has 6 rings (SSSR count). The Morgan fingerprint density at radius 2 is 1.83 bits per heavy atom. The lowest BCUT2D eigenvalue weighted by atomic mass is 10.1. The number of amides is 1. The van der Waals surface area contributed by atoms with Crippen molar-refractivity contribution in [2.24, 2.45) is 0 Å². The number of nitrogens with zero attached hydrogens (tertiary/aromatic N) is 6. The largest absolute Gasteiger partial charge is 0.416 e. The Labute approximate surface area is 238 Å². The topological polar surface area (TPSA) is 115 Å². The van der Waals surface area contributed by atoms with E-state index in [0.717, 1.165) is 36.4 Å². The smallest absolute Gasteiger partial charge is 0.367 e. The van der Waals surface area contributed by atoms with Gasteiger partial charge < -0.3 is 20.5 Å². The molecule has 0 atom stereocenters. The van der Waals surface area contributed by atoms with Gasteiger partial charge in [-0.1, -0.05) is 6.07 Å². The minimum Gasteiger partial charge on any atom is -0.367 e.